The summed E-state index contributed by atoms with van der Waals surface area (Å²) in [5, 5.41) is 20.5. The van der Waals surface area contributed by atoms with Crippen molar-refractivity contribution in [3.8, 4) is 0 Å². The fourth-order valence-corrected chi connectivity index (χ4v) is 4.59. The number of rotatable bonds is 3. The van der Waals surface area contributed by atoms with Crippen LogP contribution in [0, 0.1) is 5.41 Å². The summed E-state index contributed by atoms with van der Waals surface area (Å²) < 4.78 is 0. The van der Waals surface area contributed by atoms with Crippen molar-refractivity contribution in [3.05, 3.63) is 0 Å². The lowest BCUT2D eigenvalue weighted by Gasteiger charge is -2.48. The zero-order valence-corrected chi connectivity index (χ0v) is 10.9. The smallest absolute Gasteiger partial charge is 0.0758 e. The van der Waals surface area contributed by atoms with Gasteiger partial charge in [-0.3, -0.25) is 0 Å². The van der Waals surface area contributed by atoms with E-state index >= 15 is 0 Å². The molecule has 1 unspecified atom stereocenters. The number of thioether (sulfide) groups is 1. The molecule has 2 saturated heterocycles. The Balaban J connectivity index is 2.07. The summed E-state index contributed by atoms with van der Waals surface area (Å²) in [4.78, 5) is 2.38. The Morgan fingerprint density at radius 1 is 1.25 bits per heavy atom. The lowest BCUT2D eigenvalue weighted by Crippen LogP contribution is -2.56. The molecule has 2 heterocycles. The van der Waals surface area contributed by atoms with Crippen LogP contribution < -0.4 is 0 Å². The molecule has 0 radical (unpaired) electrons. The van der Waals surface area contributed by atoms with E-state index in [0.717, 1.165) is 50.4 Å². The fraction of sp³-hybridized carbons (Fsp3) is 1.00. The Morgan fingerprint density at radius 3 is 2.38 bits per heavy atom. The molecule has 0 aromatic rings. The standard InChI is InChI=1S/C12H23NO2S/c1-2-13-6-3-12(15,4-7-13)11(9-14)5-8-16-10-11/h14-15H,2-10H2,1H3. The zero-order chi connectivity index (χ0) is 11.6. The van der Waals surface area contributed by atoms with Gasteiger partial charge in [0.05, 0.1) is 12.2 Å². The van der Waals surface area contributed by atoms with Crippen molar-refractivity contribution in [2.24, 2.45) is 5.41 Å². The van der Waals surface area contributed by atoms with Crippen LogP contribution in [0.4, 0.5) is 0 Å². The Hall–Kier alpha value is 0.230. The number of likely N-dealkylation sites (tertiary alicyclic amines) is 1. The second kappa shape index (κ2) is 4.84. The summed E-state index contributed by atoms with van der Waals surface area (Å²) in [6.45, 7) is 5.32. The predicted molar refractivity (Wildman–Crippen MR) is 67.8 cm³/mol. The third-order valence-electron chi connectivity index (χ3n) is 4.52. The minimum atomic E-state index is -0.628. The van der Waals surface area contributed by atoms with Crippen molar-refractivity contribution < 1.29 is 10.2 Å². The summed E-state index contributed by atoms with van der Waals surface area (Å²) in [6, 6.07) is 0. The van der Waals surface area contributed by atoms with E-state index in [9.17, 15) is 10.2 Å². The lowest BCUT2D eigenvalue weighted by atomic mass is 9.67. The van der Waals surface area contributed by atoms with Crippen molar-refractivity contribution in [1.29, 1.82) is 0 Å². The van der Waals surface area contributed by atoms with Crippen LogP contribution in [0.5, 0.6) is 0 Å². The molecule has 94 valence electrons. The van der Waals surface area contributed by atoms with E-state index in [0.29, 0.717) is 0 Å². The molecular formula is C12H23NO2S. The molecule has 2 aliphatic heterocycles. The van der Waals surface area contributed by atoms with E-state index in [4.69, 9.17) is 0 Å². The topological polar surface area (TPSA) is 43.7 Å². The summed E-state index contributed by atoms with van der Waals surface area (Å²) in [5.74, 6) is 2.01. The number of nitrogens with zero attached hydrogens (tertiary/aromatic N) is 1. The van der Waals surface area contributed by atoms with Gasteiger partial charge in [-0.05, 0) is 31.6 Å². The molecule has 0 aromatic carbocycles. The van der Waals surface area contributed by atoms with Crippen LogP contribution in [0.2, 0.25) is 0 Å². The monoisotopic (exact) mass is 245 g/mol. The molecule has 1 atom stereocenters. The molecule has 2 rings (SSSR count). The SMILES string of the molecule is CCN1CCC(O)(C2(CO)CCSC2)CC1. The molecule has 16 heavy (non-hydrogen) atoms. The average Bonchev–Trinajstić information content (AvgIpc) is 2.80. The van der Waals surface area contributed by atoms with Crippen molar-refractivity contribution in [1.82, 2.24) is 4.90 Å². The molecule has 4 heteroatoms. The highest BCUT2D eigenvalue weighted by atomic mass is 32.2. The van der Waals surface area contributed by atoms with Gasteiger partial charge in [0.2, 0.25) is 0 Å². The molecule has 0 spiro atoms. The van der Waals surface area contributed by atoms with E-state index in [-0.39, 0.29) is 12.0 Å². The fourth-order valence-electron chi connectivity index (χ4n) is 3.02. The highest BCUT2D eigenvalue weighted by Gasteiger charge is 2.52. The molecule has 0 saturated carbocycles. The van der Waals surface area contributed by atoms with Crippen molar-refractivity contribution >= 4 is 11.8 Å². The number of piperidine rings is 1. The van der Waals surface area contributed by atoms with Crippen LogP contribution in [-0.4, -0.2) is 58.5 Å². The number of aliphatic hydroxyl groups is 2. The largest absolute Gasteiger partial charge is 0.396 e. The molecule has 0 aliphatic carbocycles. The minimum Gasteiger partial charge on any atom is -0.396 e. The maximum Gasteiger partial charge on any atom is 0.0758 e. The quantitative estimate of drug-likeness (QED) is 0.777. The molecule has 0 aromatic heterocycles. The van der Waals surface area contributed by atoms with Crippen LogP contribution >= 0.6 is 11.8 Å². The van der Waals surface area contributed by atoms with Crippen molar-refractivity contribution in [2.75, 3.05) is 37.7 Å². The van der Waals surface area contributed by atoms with Gasteiger partial charge in [0.15, 0.2) is 0 Å². The van der Waals surface area contributed by atoms with Gasteiger partial charge in [-0.25, -0.2) is 0 Å². The number of hydrogen-bond acceptors (Lipinski definition) is 4. The Bertz CT molecular complexity index is 233. The van der Waals surface area contributed by atoms with Crippen LogP contribution in [0.1, 0.15) is 26.2 Å². The Kier molecular flexibility index (Phi) is 3.84. The first-order valence-electron chi connectivity index (χ1n) is 6.29. The molecule has 2 N–H and O–H groups in total. The summed E-state index contributed by atoms with van der Waals surface area (Å²) in [7, 11) is 0. The molecule has 0 amide bonds. The highest BCUT2D eigenvalue weighted by Crippen LogP contribution is 2.48. The number of aliphatic hydroxyl groups excluding tert-OH is 1. The van der Waals surface area contributed by atoms with Crippen LogP contribution in [-0.2, 0) is 0 Å². The van der Waals surface area contributed by atoms with E-state index in [2.05, 4.69) is 11.8 Å². The van der Waals surface area contributed by atoms with Gasteiger partial charge < -0.3 is 15.1 Å². The summed E-state index contributed by atoms with van der Waals surface area (Å²) in [5.41, 5.74) is -0.853. The second-order valence-corrected chi connectivity index (χ2v) is 6.31. The lowest BCUT2D eigenvalue weighted by molar-refractivity contribution is -0.128. The first-order chi connectivity index (χ1) is 7.66. The maximum atomic E-state index is 10.8. The highest BCUT2D eigenvalue weighted by molar-refractivity contribution is 7.99. The third-order valence-corrected chi connectivity index (χ3v) is 5.77. The first kappa shape index (κ1) is 12.7. The summed E-state index contributed by atoms with van der Waals surface area (Å²) in [6.07, 6.45) is 2.61. The zero-order valence-electron chi connectivity index (χ0n) is 10.1. The molecular weight excluding hydrogens is 222 g/mol. The Morgan fingerprint density at radius 2 is 1.94 bits per heavy atom. The normalized spacial score (nSPS) is 35.4. The minimum absolute atomic E-state index is 0.141. The molecule has 0 bridgehead atoms. The van der Waals surface area contributed by atoms with E-state index in [1.807, 2.05) is 11.8 Å². The van der Waals surface area contributed by atoms with Crippen molar-refractivity contribution in [3.63, 3.8) is 0 Å². The van der Waals surface area contributed by atoms with E-state index in [1.165, 1.54) is 0 Å². The van der Waals surface area contributed by atoms with Crippen LogP contribution in [0.15, 0.2) is 0 Å². The molecule has 2 fully saturated rings. The van der Waals surface area contributed by atoms with Crippen LogP contribution in [0.25, 0.3) is 0 Å². The molecule has 3 nitrogen and oxygen atoms in total. The van der Waals surface area contributed by atoms with Gasteiger partial charge in [0.1, 0.15) is 0 Å². The second-order valence-electron chi connectivity index (χ2n) is 5.21. The predicted octanol–water partition coefficient (Wildman–Crippen LogP) is 0.949. The maximum absolute atomic E-state index is 10.8. The van der Waals surface area contributed by atoms with Gasteiger partial charge >= 0.3 is 0 Å². The van der Waals surface area contributed by atoms with Crippen molar-refractivity contribution in [2.45, 2.75) is 31.8 Å². The van der Waals surface area contributed by atoms with Gasteiger partial charge in [0.25, 0.3) is 0 Å². The molecule has 2 aliphatic rings. The average molecular weight is 245 g/mol. The van der Waals surface area contributed by atoms with Gasteiger partial charge in [0, 0.05) is 24.3 Å². The summed E-state index contributed by atoms with van der Waals surface area (Å²) >= 11 is 1.87. The van der Waals surface area contributed by atoms with Gasteiger partial charge in [-0.2, -0.15) is 11.8 Å². The third kappa shape index (κ3) is 2.01. The van der Waals surface area contributed by atoms with E-state index < -0.39 is 5.60 Å². The Labute approximate surface area is 102 Å². The number of hydrogen-bond donors (Lipinski definition) is 2. The van der Waals surface area contributed by atoms with Crippen LogP contribution in [0.3, 0.4) is 0 Å². The van der Waals surface area contributed by atoms with Gasteiger partial charge in [-0.1, -0.05) is 6.92 Å². The van der Waals surface area contributed by atoms with E-state index in [1.54, 1.807) is 0 Å². The van der Waals surface area contributed by atoms with Gasteiger partial charge in [-0.15, -0.1) is 0 Å². The first-order valence-corrected chi connectivity index (χ1v) is 7.45.